The Labute approximate surface area is 113 Å². The van der Waals surface area contributed by atoms with Gasteiger partial charge in [-0.3, -0.25) is 4.79 Å². The maximum absolute atomic E-state index is 13.5. The van der Waals surface area contributed by atoms with E-state index in [0.717, 1.165) is 0 Å². The first kappa shape index (κ1) is 14.0. The molecule has 1 aromatic carbocycles. The molecule has 0 spiro atoms. The lowest BCUT2D eigenvalue weighted by molar-refractivity contribution is -0.143. The lowest BCUT2D eigenvalue weighted by Crippen LogP contribution is -2.50. The van der Waals surface area contributed by atoms with Gasteiger partial charge in [0.1, 0.15) is 5.82 Å². The van der Waals surface area contributed by atoms with Crippen molar-refractivity contribution in [2.24, 2.45) is 0 Å². The third-order valence-corrected chi connectivity index (χ3v) is 3.49. The molecule has 1 amide bonds. The molecule has 1 fully saturated rings. The van der Waals surface area contributed by atoms with Crippen molar-refractivity contribution < 1.29 is 13.9 Å². The summed E-state index contributed by atoms with van der Waals surface area (Å²) < 4.78 is 19.0. The number of hydrogen-bond acceptors (Lipinski definition) is 2. The molecule has 0 radical (unpaired) electrons. The molecule has 0 aromatic heterocycles. The lowest BCUT2D eigenvalue weighted by Gasteiger charge is -2.37. The molecule has 0 saturated carbocycles. The molecule has 1 aliphatic heterocycles. The number of carbonyl (C=O) groups is 1. The molecule has 19 heavy (non-hydrogen) atoms. The first-order valence-corrected chi connectivity index (χ1v) is 6.72. The molecule has 1 saturated heterocycles. The van der Waals surface area contributed by atoms with Crippen LogP contribution in [0.1, 0.15) is 25.8 Å². The van der Waals surface area contributed by atoms with Crippen LogP contribution in [0.25, 0.3) is 0 Å². The van der Waals surface area contributed by atoms with Crippen LogP contribution < -0.4 is 0 Å². The summed E-state index contributed by atoms with van der Waals surface area (Å²) in [6.07, 6.45) is 0.871. The third kappa shape index (κ3) is 3.53. The number of ether oxygens (including phenoxy) is 1. The Morgan fingerprint density at radius 1 is 1.42 bits per heavy atom. The Hall–Kier alpha value is -1.42. The summed E-state index contributed by atoms with van der Waals surface area (Å²) in [4.78, 5) is 14.0. The van der Waals surface area contributed by atoms with E-state index in [-0.39, 0.29) is 23.9 Å². The zero-order valence-corrected chi connectivity index (χ0v) is 11.4. The van der Waals surface area contributed by atoms with Gasteiger partial charge in [-0.05, 0) is 31.9 Å². The van der Waals surface area contributed by atoms with Crippen LogP contribution in [0.5, 0.6) is 0 Å². The van der Waals surface area contributed by atoms with Crippen molar-refractivity contribution in [3.05, 3.63) is 35.6 Å². The van der Waals surface area contributed by atoms with Crippen LogP contribution in [0, 0.1) is 5.82 Å². The van der Waals surface area contributed by atoms with Crippen molar-refractivity contribution in [2.45, 2.75) is 38.8 Å². The number of benzene rings is 1. The number of halogens is 1. The Kier molecular flexibility index (Phi) is 4.53. The lowest BCUT2D eigenvalue weighted by atomic mass is 10.1. The molecular formula is C15H20FNO2. The number of morpholine rings is 1. The second-order valence-corrected chi connectivity index (χ2v) is 5.13. The third-order valence-electron chi connectivity index (χ3n) is 3.49. The predicted molar refractivity (Wildman–Crippen MR) is 71.3 cm³/mol. The molecule has 1 aromatic rings. The van der Waals surface area contributed by atoms with Crippen LogP contribution in [-0.4, -0.2) is 36.1 Å². The summed E-state index contributed by atoms with van der Waals surface area (Å²) in [5, 5.41) is 0. The van der Waals surface area contributed by atoms with Gasteiger partial charge in [0.25, 0.3) is 0 Å². The largest absolute Gasteiger partial charge is 0.375 e. The predicted octanol–water partition coefficient (Wildman–Crippen LogP) is 2.39. The Balaban J connectivity index is 1.92. The molecule has 104 valence electrons. The van der Waals surface area contributed by atoms with Crippen molar-refractivity contribution in [3.8, 4) is 0 Å². The molecule has 1 aliphatic rings. The van der Waals surface area contributed by atoms with Crippen molar-refractivity contribution in [1.82, 2.24) is 4.90 Å². The quantitative estimate of drug-likeness (QED) is 0.840. The van der Waals surface area contributed by atoms with E-state index in [4.69, 9.17) is 4.74 Å². The molecular weight excluding hydrogens is 245 g/mol. The van der Waals surface area contributed by atoms with Crippen LogP contribution in [0.2, 0.25) is 0 Å². The minimum atomic E-state index is -0.237. The molecule has 1 heterocycles. The van der Waals surface area contributed by atoms with Gasteiger partial charge in [0.05, 0.1) is 18.8 Å². The summed E-state index contributed by atoms with van der Waals surface area (Å²) in [5.41, 5.74) is 0.602. The van der Waals surface area contributed by atoms with Gasteiger partial charge in [-0.15, -0.1) is 0 Å². The van der Waals surface area contributed by atoms with Gasteiger partial charge in [-0.1, -0.05) is 18.2 Å². The topological polar surface area (TPSA) is 29.5 Å². The van der Waals surface area contributed by atoms with Gasteiger partial charge in [-0.25, -0.2) is 4.39 Å². The van der Waals surface area contributed by atoms with E-state index < -0.39 is 0 Å². The normalized spacial score (nSPS) is 23.4. The number of hydrogen-bond donors (Lipinski definition) is 0. The monoisotopic (exact) mass is 265 g/mol. The molecule has 2 unspecified atom stereocenters. The van der Waals surface area contributed by atoms with Gasteiger partial charge in [-0.2, -0.15) is 0 Å². The van der Waals surface area contributed by atoms with Crippen LogP contribution >= 0.6 is 0 Å². The van der Waals surface area contributed by atoms with Crippen molar-refractivity contribution in [1.29, 1.82) is 0 Å². The summed E-state index contributed by atoms with van der Waals surface area (Å²) >= 11 is 0. The molecule has 0 aliphatic carbocycles. The highest BCUT2D eigenvalue weighted by Crippen LogP contribution is 2.15. The van der Waals surface area contributed by atoms with Crippen molar-refractivity contribution >= 4 is 5.91 Å². The first-order valence-electron chi connectivity index (χ1n) is 6.72. The maximum Gasteiger partial charge on any atom is 0.223 e. The molecule has 2 rings (SSSR count). The van der Waals surface area contributed by atoms with Gasteiger partial charge in [0, 0.05) is 13.0 Å². The zero-order chi connectivity index (χ0) is 13.8. The highest BCUT2D eigenvalue weighted by Gasteiger charge is 2.27. The minimum Gasteiger partial charge on any atom is -0.375 e. The maximum atomic E-state index is 13.5. The fraction of sp³-hybridized carbons (Fsp3) is 0.533. The molecule has 4 heteroatoms. The van der Waals surface area contributed by atoms with E-state index in [1.54, 1.807) is 18.2 Å². The highest BCUT2D eigenvalue weighted by atomic mass is 19.1. The van der Waals surface area contributed by atoms with Crippen LogP contribution in [-0.2, 0) is 16.0 Å². The van der Waals surface area contributed by atoms with E-state index in [1.165, 1.54) is 6.07 Å². The van der Waals surface area contributed by atoms with Gasteiger partial charge >= 0.3 is 0 Å². The molecule has 3 nitrogen and oxygen atoms in total. The average Bonchev–Trinajstić information content (AvgIpc) is 2.40. The highest BCUT2D eigenvalue weighted by molar-refractivity contribution is 5.77. The molecule has 2 atom stereocenters. The van der Waals surface area contributed by atoms with E-state index in [1.807, 2.05) is 18.7 Å². The summed E-state index contributed by atoms with van der Waals surface area (Å²) in [7, 11) is 0. The number of carbonyl (C=O) groups excluding carboxylic acids is 1. The van der Waals surface area contributed by atoms with Crippen molar-refractivity contribution in [3.63, 3.8) is 0 Å². The van der Waals surface area contributed by atoms with E-state index in [2.05, 4.69) is 0 Å². The number of nitrogens with zero attached hydrogens (tertiary/aromatic N) is 1. The second kappa shape index (κ2) is 6.15. The van der Waals surface area contributed by atoms with E-state index in [0.29, 0.717) is 31.6 Å². The number of aryl methyl sites for hydroxylation is 1. The fourth-order valence-electron chi connectivity index (χ4n) is 2.34. The minimum absolute atomic E-state index is 0.0749. The molecule has 0 N–H and O–H groups in total. The Bertz CT molecular complexity index is 450. The van der Waals surface area contributed by atoms with Crippen LogP contribution in [0.4, 0.5) is 4.39 Å². The SMILES string of the molecule is CC1CN(C(=O)CCc2ccccc2F)C(C)CO1. The van der Waals surface area contributed by atoms with Gasteiger partial charge < -0.3 is 9.64 Å². The summed E-state index contributed by atoms with van der Waals surface area (Å²) in [6, 6.07) is 6.71. The fourth-order valence-corrected chi connectivity index (χ4v) is 2.34. The van der Waals surface area contributed by atoms with E-state index in [9.17, 15) is 9.18 Å². The standard InChI is InChI=1S/C15H20FNO2/c1-11-10-19-12(2)9-17(11)15(18)8-7-13-5-3-4-6-14(13)16/h3-6,11-12H,7-10H2,1-2H3. The van der Waals surface area contributed by atoms with Crippen LogP contribution in [0.3, 0.4) is 0 Å². The summed E-state index contributed by atoms with van der Waals surface area (Å²) in [6.45, 7) is 5.14. The van der Waals surface area contributed by atoms with Crippen LogP contribution in [0.15, 0.2) is 24.3 Å². The zero-order valence-electron chi connectivity index (χ0n) is 11.4. The number of rotatable bonds is 3. The number of amides is 1. The first-order chi connectivity index (χ1) is 9.08. The summed E-state index contributed by atoms with van der Waals surface area (Å²) in [5.74, 6) is -0.162. The van der Waals surface area contributed by atoms with Crippen molar-refractivity contribution in [2.75, 3.05) is 13.2 Å². The van der Waals surface area contributed by atoms with E-state index >= 15 is 0 Å². The Morgan fingerprint density at radius 2 is 2.16 bits per heavy atom. The average molecular weight is 265 g/mol. The second-order valence-electron chi connectivity index (χ2n) is 5.13. The molecule has 0 bridgehead atoms. The van der Waals surface area contributed by atoms with Gasteiger partial charge in [0.15, 0.2) is 0 Å². The smallest absolute Gasteiger partial charge is 0.223 e. The Morgan fingerprint density at radius 3 is 2.89 bits per heavy atom. The van der Waals surface area contributed by atoms with Gasteiger partial charge in [0.2, 0.25) is 5.91 Å².